The monoisotopic (exact) mass is 214 g/mol. The smallest absolute Gasteiger partial charge is 0.171 e. The summed E-state index contributed by atoms with van der Waals surface area (Å²) in [7, 11) is 2.07. The van der Waals surface area contributed by atoms with Crippen LogP contribution in [0.15, 0.2) is 12.4 Å². The predicted octanol–water partition coefficient (Wildman–Crippen LogP) is 1.49. The highest BCUT2D eigenvalue weighted by molar-refractivity contribution is 6.31. The van der Waals surface area contributed by atoms with E-state index in [-0.39, 0.29) is 0 Å². The summed E-state index contributed by atoms with van der Waals surface area (Å²) in [5, 5.41) is 3.55. The van der Waals surface area contributed by atoms with E-state index < -0.39 is 0 Å². The normalized spacial score (nSPS) is 10.6. The highest BCUT2D eigenvalue weighted by atomic mass is 35.5. The van der Waals surface area contributed by atoms with Gasteiger partial charge in [0.2, 0.25) is 0 Å². The summed E-state index contributed by atoms with van der Waals surface area (Å²) in [4.78, 5) is 10.2. The van der Waals surface area contributed by atoms with Crippen LogP contribution in [-0.4, -0.2) is 41.5 Å². The van der Waals surface area contributed by atoms with Crippen molar-refractivity contribution < 1.29 is 0 Å². The first-order valence-corrected chi connectivity index (χ1v) is 5.00. The Morgan fingerprint density at radius 2 is 2.14 bits per heavy atom. The highest BCUT2D eigenvalue weighted by Gasteiger charge is 2.00. The Hall–Kier alpha value is -0.870. The average molecular weight is 215 g/mol. The third-order valence-electron chi connectivity index (χ3n) is 1.98. The molecule has 1 aromatic heterocycles. The van der Waals surface area contributed by atoms with E-state index in [4.69, 9.17) is 11.6 Å². The molecule has 0 saturated carbocycles. The van der Waals surface area contributed by atoms with Crippen LogP contribution >= 0.6 is 11.6 Å². The van der Waals surface area contributed by atoms with Gasteiger partial charge in [-0.3, -0.25) is 0 Å². The second-order valence-corrected chi connectivity index (χ2v) is 3.38. The molecule has 0 amide bonds. The van der Waals surface area contributed by atoms with Crippen molar-refractivity contribution in [2.24, 2.45) is 0 Å². The molecule has 1 aromatic rings. The summed E-state index contributed by atoms with van der Waals surface area (Å²) < 4.78 is 0. The molecular formula is C9H15ClN4. The van der Waals surface area contributed by atoms with Crippen molar-refractivity contribution in [3.05, 3.63) is 17.5 Å². The Morgan fingerprint density at radius 3 is 2.79 bits per heavy atom. The maximum atomic E-state index is 5.82. The molecule has 1 N–H and O–H groups in total. The van der Waals surface area contributed by atoms with Gasteiger partial charge in [-0.15, -0.1) is 0 Å². The van der Waals surface area contributed by atoms with Crippen LogP contribution in [0.1, 0.15) is 6.92 Å². The number of halogens is 1. The minimum Gasteiger partial charge on any atom is -0.366 e. The van der Waals surface area contributed by atoms with Gasteiger partial charge in [-0.05, 0) is 13.6 Å². The van der Waals surface area contributed by atoms with Crippen molar-refractivity contribution in [3.63, 3.8) is 0 Å². The quantitative estimate of drug-likeness (QED) is 0.807. The fourth-order valence-electron chi connectivity index (χ4n) is 0.963. The molecule has 1 heterocycles. The summed E-state index contributed by atoms with van der Waals surface area (Å²) in [6, 6.07) is 0. The molecule has 0 unspecified atom stereocenters. The maximum Gasteiger partial charge on any atom is 0.171 e. The summed E-state index contributed by atoms with van der Waals surface area (Å²) in [5.41, 5.74) is 0. The van der Waals surface area contributed by atoms with Crippen molar-refractivity contribution in [2.45, 2.75) is 6.92 Å². The zero-order chi connectivity index (χ0) is 10.4. The number of likely N-dealkylation sites (N-methyl/N-ethyl adjacent to an activating group) is 1. The van der Waals surface area contributed by atoms with Gasteiger partial charge in [-0.1, -0.05) is 18.5 Å². The zero-order valence-corrected chi connectivity index (χ0v) is 9.25. The second kappa shape index (κ2) is 5.78. The standard InChI is InChI=1S/C9H15ClN4/c1-3-14(2)7-6-13-9-8(10)11-4-5-12-9/h4-5H,3,6-7H2,1-2H3,(H,12,13). The minimum absolute atomic E-state index is 0.423. The molecule has 0 bridgehead atoms. The molecule has 4 nitrogen and oxygen atoms in total. The van der Waals surface area contributed by atoms with E-state index in [1.54, 1.807) is 12.4 Å². The molecule has 0 saturated heterocycles. The molecule has 0 radical (unpaired) electrons. The van der Waals surface area contributed by atoms with E-state index in [1.165, 1.54) is 0 Å². The molecule has 5 heteroatoms. The van der Waals surface area contributed by atoms with Gasteiger partial charge >= 0.3 is 0 Å². The summed E-state index contributed by atoms with van der Waals surface area (Å²) in [5.74, 6) is 0.652. The Balaban J connectivity index is 2.35. The molecule has 0 fully saturated rings. The van der Waals surface area contributed by atoms with Crippen LogP contribution in [0, 0.1) is 0 Å². The lowest BCUT2D eigenvalue weighted by molar-refractivity contribution is 0.367. The minimum atomic E-state index is 0.423. The molecule has 0 aliphatic rings. The molecule has 0 aliphatic heterocycles. The van der Waals surface area contributed by atoms with E-state index in [0.29, 0.717) is 11.0 Å². The van der Waals surface area contributed by atoms with Crippen LogP contribution in [-0.2, 0) is 0 Å². The Bertz CT molecular complexity index is 279. The summed E-state index contributed by atoms with van der Waals surface area (Å²) >= 11 is 5.82. The SMILES string of the molecule is CCN(C)CCNc1nccnc1Cl. The fraction of sp³-hybridized carbons (Fsp3) is 0.556. The van der Waals surface area contributed by atoms with Crippen molar-refractivity contribution in [3.8, 4) is 0 Å². The van der Waals surface area contributed by atoms with Gasteiger partial charge in [-0.2, -0.15) is 0 Å². The summed E-state index contributed by atoms with van der Waals surface area (Å²) in [6.45, 7) is 4.94. The first-order chi connectivity index (χ1) is 6.74. The van der Waals surface area contributed by atoms with Gasteiger partial charge in [-0.25, -0.2) is 9.97 Å². The van der Waals surface area contributed by atoms with Gasteiger partial charge in [0.05, 0.1) is 0 Å². The lowest BCUT2D eigenvalue weighted by Gasteiger charge is -2.14. The van der Waals surface area contributed by atoms with Crippen molar-refractivity contribution in [1.29, 1.82) is 0 Å². The van der Waals surface area contributed by atoms with Gasteiger partial charge in [0.25, 0.3) is 0 Å². The number of hydrogen-bond acceptors (Lipinski definition) is 4. The number of nitrogens with zero attached hydrogens (tertiary/aromatic N) is 3. The molecule has 14 heavy (non-hydrogen) atoms. The van der Waals surface area contributed by atoms with Crippen molar-refractivity contribution in [2.75, 3.05) is 32.0 Å². The van der Waals surface area contributed by atoms with Crippen molar-refractivity contribution in [1.82, 2.24) is 14.9 Å². The first-order valence-electron chi connectivity index (χ1n) is 4.63. The Morgan fingerprint density at radius 1 is 1.43 bits per heavy atom. The van der Waals surface area contributed by atoms with Gasteiger partial charge in [0.15, 0.2) is 11.0 Å². The van der Waals surface area contributed by atoms with E-state index in [1.807, 2.05) is 0 Å². The topological polar surface area (TPSA) is 41.0 Å². The van der Waals surface area contributed by atoms with E-state index in [2.05, 4.69) is 34.2 Å². The van der Waals surface area contributed by atoms with Gasteiger partial charge in [0, 0.05) is 25.5 Å². The van der Waals surface area contributed by atoms with Crippen LogP contribution < -0.4 is 5.32 Å². The molecule has 0 atom stereocenters. The molecule has 1 rings (SSSR count). The van der Waals surface area contributed by atoms with Crippen LogP contribution in [0.4, 0.5) is 5.82 Å². The largest absolute Gasteiger partial charge is 0.366 e. The second-order valence-electron chi connectivity index (χ2n) is 3.02. The summed E-state index contributed by atoms with van der Waals surface area (Å²) in [6.07, 6.45) is 3.20. The number of hydrogen-bond donors (Lipinski definition) is 1. The Labute approximate surface area is 89.3 Å². The Kier molecular flexibility index (Phi) is 4.62. The number of aromatic nitrogens is 2. The number of rotatable bonds is 5. The fourth-order valence-corrected chi connectivity index (χ4v) is 1.13. The lowest BCUT2D eigenvalue weighted by atomic mass is 10.5. The van der Waals surface area contributed by atoms with Crippen LogP contribution in [0.5, 0.6) is 0 Å². The van der Waals surface area contributed by atoms with E-state index in [9.17, 15) is 0 Å². The number of nitrogens with one attached hydrogen (secondary N) is 1. The van der Waals surface area contributed by atoms with Gasteiger partial charge < -0.3 is 10.2 Å². The average Bonchev–Trinajstić information content (AvgIpc) is 2.20. The van der Waals surface area contributed by atoms with Crippen molar-refractivity contribution >= 4 is 17.4 Å². The van der Waals surface area contributed by atoms with Crippen LogP contribution in [0.2, 0.25) is 5.15 Å². The van der Waals surface area contributed by atoms with E-state index >= 15 is 0 Å². The van der Waals surface area contributed by atoms with Gasteiger partial charge in [0.1, 0.15) is 0 Å². The molecule has 0 spiro atoms. The highest BCUT2D eigenvalue weighted by Crippen LogP contribution is 2.13. The van der Waals surface area contributed by atoms with Crippen LogP contribution in [0.3, 0.4) is 0 Å². The molecule has 78 valence electrons. The predicted molar refractivity (Wildman–Crippen MR) is 58.7 cm³/mol. The zero-order valence-electron chi connectivity index (χ0n) is 8.50. The third kappa shape index (κ3) is 3.47. The third-order valence-corrected chi connectivity index (χ3v) is 2.26. The van der Waals surface area contributed by atoms with E-state index in [0.717, 1.165) is 19.6 Å². The van der Waals surface area contributed by atoms with Crippen LogP contribution in [0.25, 0.3) is 0 Å². The first kappa shape index (κ1) is 11.2. The number of anilines is 1. The molecule has 0 aliphatic carbocycles. The maximum absolute atomic E-state index is 5.82. The molecular weight excluding hydrogens is 200 g/mol. The lowest BCUT2D eigenvalue weighted by Crippen LogP contribution is -2.25. The molecule has 0 aromatic carbocycles.